The van der Waals surface area contributed by atoms with Gasteiger partial charge in [-0.15, -0.1) is 0 Å². The average Bonchev–Trinajstić information content (AvgIpc) is 3.25. The maximum Gasteiger partial charge on any atom is 0.331 e. The van der Waals surface area contributed by atoms with Crippen LogP contribution in [0.4, 0.5) is 0 Å². The Morgan fingerprint density at radius 1 is 1.42 bits per heavy atom. The fourth-order valence-electron chi connectivity index (χ4n) is 2.82. The molecule has 2 aliphatic rings. The molecular weight excluding hydrogens is 242 g/mol. The van der Waals surface area contributed by atoms with E-state index in [0.29, 0.717) is 12.6 Å². The summed E-state index contributed by atoms with van der Waals surface area (Å²) in [7, 11) is 1.45. The van der Waals surface area contributed by atoms with Crippen molar-refractivity contribution in [1.29, 1.82) is 0 Å². The number of ether oxygens (including phenoxy) is 2. The van der Waals surface area contributed by atoms with Crippen LogP contribution in [0.5, 0.6) is 5.75 Å². The molecule has 1 N–H and O–H groups in total. The Labute approximate surface area is 113 Å². The Balaban J connectivity index is 2.11. The molecule has 0 spiro atoms. The normalized spacial score (nSPS) is 29.3. The molecule has 0 bridgehead atoms. The first-order valence-electron chi connectivity index (χ1n) is 6.77. The minimum atomic E-state index is -0.773. The number of para-hydroxylation sites is 1. The molecule has 2 atom stereocenters. The zero-order valence-corrected chi connectivity index (χ0v) is 11.3. The number of esters is 1. The average molecular weight is 261 g/mol. The molecule has 102 valence electrons. The van der Waals surface area contributed by atoms with Crippen molar-refractivity contribution >= 4 is 5.97 Å². The largest absolute Gasteiger partial charge is 0.493 e. The van der Waals surface area contributed by atoms with E-state index in [1.807, 2.05) is 31.2 Å². The molecule has 0 saturated heterocycles. The molecule has 1 aromatic rings. The van der Waals surface area contributed by atoms with Crippen molar-refractivity contribution in [3.8, 4) is 5.75 Å². The quantitative estimate of drug-likeness (QED) is 0.843. The second-order valence-corrected chi connectivity index (χ2v) is 5.43. The maximum absolute atomic E-state index is 12.5. The van der Waals surface area contributed by atoms with Gasteiger partial charge in [-0.1, -0.05) is 25.1 Å². The predicted molar refractivity (Wildman–Crippen MR) is 71.0 cm³/mol. The van der Waals surface area contributed by atoms with Gasteiger partial charge in [-0.3, -0.25) is 5.32 Å². The van der Waals surface area contributed by atoms with Crippen LogP contribution in [0.3, 0.4) is 0 Å². The van der Waals surface area contributed by atoms with Crippen LogP contribution in [0.25, 0.3) is 0 Å². The molecule has 0 amide bonds. The van der Waals surface area contributed by atoms with Crippen molar-refractivity contribution in [2.75, 3.05) is 13.7 Å². The lowest BCUT2D eigenvalue weighted by Crippen LogP contribution is -2.58. The van der Waals surface area contributed by atoms with Gasteiger partial charge in [-0.05, 0) is 18.9 Å². The van der Waals surface area contributed by atoms with Gasteiger partial charge < -0.3 is 9.47 Å². The van der Waals surface area contributed by atoms with E-state index in [0.717, 1.165) is 24.2 Å². The van der Waals surface area contributed by atoms with Gasteiger partial charge in [0.05, 0.1) is 13.7 Å². The SMILES string of the molecule is COC(=O)C1(NC2CC2)c2ccccc2OCC1C. The third-order valence-corrected chi connectivity index (χ3v) is 4.06. The van der Waals surface area contributed by atoms with E-state index >= 15 is 0 Å². The van der Waals surface area contributed by atoms with Gasteiger partial charge in [0.25, 0.3) is 0 Å². The molecule has 0 aromatic heterocycles. The first kappa shape index (κ1) is 12.5. The highest BCUT2D eigenvalue weighted by molar-refractivity contribution is 5.84. The molecule has 4 heteroatoms. The van der Waals surface area contributed by atoms with E-state index in [2.05, 4.69) is 5.32 Å². The van der Waals surface area contributed by atoms with Gasteiger partial charge in [-0.25, -0.2) is 4.79 Å². The summed E-state index contributed by atoms with van der Waals surface area (Å²) in [6.45, 7) is 2.55. The third kappa shape index (κ3) is 1.91. The molecule has 4 nitrogen and oxygen atoms in total. The van der Waals surface area contributed by atoms with Gasteiger partial charge in [-0.2, -0.15) is 0 Å². The molecular formula is C15H19NO3. The van der Waals surface area contributed by atoms with Gasteiger partial charge in [0.1, 0.15) is 5.75 Å². The first-order valence-corrected chi connectivity index (χ1v) is 6.77. The monoisotopic (exact) mass is 261 g/mol. The summed E-state index contributed by atoms with van der Waals surface area (Å²) in [6.07, 6.45) is 2.24. The van der Waals surface area contributed by atoms with Crippen LogP contribution in [0.2, 0.25) is 0 Å². The third-order valence-electron chi connectivity index (χ3n) is 4.06. The zero-order valence-electron chi connectivity index (χ0n) is 11.3. The number of hydrogen-bond donors (Lipinski definition) is 1. The molecule has 3 rings (SSSR count). The van der Waals surface area contributed by atoms with E-state index in [4.69, 9.17) is 9.47 Å². The van der Waals surface area contributed by atoms with E-state index < -0.39 is 5.54 Å². The minimum absolute atomic E-state index is 0.0375. The van der Waals surface area contributed by atoms with Crippen molar-refractivity contribution in [3.63, 3.8) is 0 Å². The summed E-state index contributed by atoms with van der Waals surface area (Å²) in [5.41, 5.74) is 0.123. The molecule has 1 aromatic carbocycles. The van der Waals surface area contributed by atoms with Crippen LogP contribution in [0.1, 0.15) is 25.3 Å². The number of fused-ring (bicyclic) bond motifs is 1. The lowest BCUT2D eigenvalue weighted by Gasteiger charge is -2.42. The molecule has 1 aliphatic heterocycles. The topological polar surface area (TPSA) is 47.6 Å². The van der Waals surface area contributed by atoms with Crippen LogP contribution in [-0.2, 0) is 15.1 Å². The molecule has 0 radical (unpaired) electrons. The van der Waals surface area contributed by atoms with Crippen LogP contribution in [0, 0.1) is 5.92 Å². The smallest absolute Gasteiger partial charge is 0.331 e. The summed E-state index contributed by atoms with van der Waals surface area (Å²) in [5.74, 6) is 0.595. The van der Waals surface area contributed by atoms with Crippen LogP contribution >= 0.6 is 0 Å². The van der Waals surface area contributed by atoms with E-state index in [-0.39, 0.29) is 11.9 Å². The predicted octanol–water partition coefficient (Wildman–Crippen LogP) is 1.84. The zero-order chi connectivity index (χ0) is 13.5. The molecule has 1 heterocycles. The van der Waals surface area contributed by atoms with E-state index in [9.17, 15) is 4.79 Å². The summed E-state index contributed by atoms with van der Waals surface area (Å²) in [5, 5.41) is 3.51. The van der Waals surface area contributed by atoms with Crippen LogP contribution in [0.15, 0.2) is 24.3 Å². The second kappa shape index (κ2) is 4.53. The lowest BCUT2D eigenvalue weighted by molar-refractivity contribution is -0.153. The number of hydrogen-bond acceptors (Lipinski definition) is 4. The van der Waals surface area contributed by atoms with Crippen molar-refractivity contribution in [1.82, 2.24) is 5.32 Å². The Hall–Kier alpha value is -1.55. The molecule has 2 unspecified atom stereocenters. The summed E-state index contributed by atoms with van der Waals surface area (Å²) in [4.78, 5) is 12.5. The minimum Gasteiger partial charge on any atom is -0.493 e. The van der Waals surface area contributed by atoms with Crippen molar-refractivity contribution in [3.05, 3.63) is 29.8 Å². The second-order valence-electron chi connectivity index (χ2n) is 5.43. The van der Waals surface area contributed by atoms with Gasteiger partial charge in [0, 0.05) is 17.5 Å². The van der Waals surface area contributed by atoms with Crippen LogP contribution in [-0.4, -0.2) is 25.7 Å². The Kier molecular flexibility index (Phi) is 2.97. The van der Waals surface area contributed by atoms with Crippen molar-refractivity contribution in [2.45, 2.75) is 31.3 Å². The highest BCUT2D eigenvalue weighted by atomic mass is 16.5. The molecule has 1 fully saturated rings. The van der Waals surface area contributed by atoms with Gasteiger partial charge in [0.2, 0.25) is 0 Å². The van der Waals surface area contributed by atoms with E-state index in [1.165, 1.54) is 7.11 Å². The maximum atomic E-state index is 12.5. The highest BCUT2D eigenvalue weighted by Crippen LogP contribution is 2.43. The van der Waals surface area contributed by atoms with E-state index in [1.54, 1.807) is 0 Å². The summed E-state index contributed by atoms with van der Waals surface area (Å²) < 4.78 is 10.8. The summed E-state index contributed by atoms with van der Waals surface area (Å²) in [6, 6.07) is 8.14. The number of benzene rings is 1. The number of rotatable bonds is 3. The number of methoxy groups -OCH3 is 1. The van der Waals surface area contributed by atoms with Crippen molar-refractivity contribution < 1.29 is 14.3 Å². The fraction of sp³-hybridized carbons (Fsp3) is 0.533. The summed E-state index contributed by atoms with van der Waals surface area (Å²) >= 11 is 0. The van der Waals surface area contributed by atoms with Gasteiger partial charge in [0.15, 0.2) is 5.54 Å². The number of nitrogens with one attached hydrogen (secondary N) is 1. The Morgan fingerprint density at radius 3 is 2.84 bits per heavy atom. The van der Waals surface area contributed by atoms with Gasteiger partial charge >= 0.3 is 5.97 Å². The lowest BCUT2D eigenvalue weighted by atomic mass is 9.77. The Bertz CT molecular complexity index is 498. The molecule has 1 saturated carbocycles. The molecule has 1 aliphatic carbocycles. The Morgan fingerprint density at radius 2 is 2.16 bits per heavy atom. The standard InChI is InChI=1S/C15H19NO3/c1-10-9-19-13-6-4-3-5-12(13)15(10,14(17)18-2)16-11-7-8-11/h3-6,10-11,16H,7-9H2,1-2H3. The molecule has 19 heavy (non-hydrogen) atoms. The highest BCUT2D eigenvalue weighted by Gasteiger charge is 2.52. The van der Waals surface area contributed by atoms with Crippen LogP contribution < -0.4 is 10.1 Å². The first-order chi connectivity index (χ1) is 9.18. The van der Waals surface area contributed by atoms with Crippen molar-refractivity contribution in [2.24, 2.45) is 5.92 Å². The number of carbonyl (C=O) groups excluding carboxylic acids is 1. The number of carbonyl (C=O) groups is 1. The fourth-order valence-corrected chi connectivity index (χ4v) is 2.82.